The third-order valence-corrected chi connectivity index (χ3v) is 6.29. The Kier molecular flexibility index (Phi) is 7.36. The van der Waals surface area contributed by atoms with Crippen LogP contribution >= 0.6 is 11.3 Å². The van der Waals surface area contributed by atoms with Crippen LogP contribution in [-0.2, 0) is 22.1 Å². The summed E-state index contributed by atoms with van der Waals surface area (Å²) in [4.78, 5) is 23.5. The molecule has 1 aliphatic rings. The van der Waals surface area contributed by atoms with E-state index in [1.54, 1.807) is 6.20 Å². The monoisotopic (exact) mass is 476 g/mol. The predicted molar refractivity (Wildman–Crippen MR) is 119 cm³/mol. The van der Waals surface area contributed by atoms with Gasteiger partial charge in [-0.3, -0.25) is 14.7 Å². The van der Waals surface area contributed by atoms with Crippen molar-refractivity contribution in [2.45, 2.75) is 18.6 Å². The standard InChI is InChI=1S/C23H23F3N4O2S/c24-23(25,26)17-6-4-16(5-7-17)20(30-9-11-32-12-10-30)14-28-21(31)13-18-15-33-22(29-18)19-3-1-2-8-27-19/h1-8,15,20H,9-14H2,(H,28,31). The van der Waals surface area contributed by atoms with Crippen molar-refractivity contribution in [1.82, 2.24) is 20.2 Å². The second-order valence-electron chi connectivity index (χ2n) is 7.62. The molecule has 1 saturated heterocycles. The van der Waals surface area contributed by atoms with Crippen molar-refractivity contribution in [3.63, 3.8) is 0 Å². The average Bonchev–Trinajstić information content (AvgIpc) is 3.29. The molecular formula is C23H23F3N4O2S. The van der Waals surface area contributed by atoms with E-state index >= 15 is 0 Å². The Balaban J connectivity index is 1.41. The van der Waals surface area contributed by atoms with E-state index in [0.29, 0.717) is 32.0 Å². The molecule has 0 spiro atoms. The number of morpholine rings is 1. The van der Waals surface area contributed by atoms with E-state index in [9.17, 15) is 18.0 Å². The molecule has 0 aliphatic carbocycles. The lowest BCUT2D eigenvalue weighted by atomic mass is 10.0. The second kappa shape index (κ2) is 10.4. The smallest absolute Gasteiger partial charge is 0.379 e. The first kappa shape index (κ1) is 23.3. The Morgan fingerprint density at radius 3 is 2.58 bits per heavy atom. The molecule has 1 amide bonds. The molecule has 174 valence electrons. The molecule has 1 unspecified atom stereocenters. The minimum absolute atomic E-state index is 0.117. The number of thiazole rings is 1. The van der Waals surface area contributed by atoms with E-state index in [1.807, 2.05) is 23.6 Å². The molecule has 0 radical (unpaired) electrons. The van der Waals surface area contributed by atoms with Gasteiger partial charge in [0.05, 0.1) is 42.6 Å². The zero-order valence-electron chi connectivity index (χ0n) is 17.7. The number of nitrogens with one attached hydrogen (secondary N) is 1. The van der Waals surface area contributed by atoms with Gasteiger partial charge in [-0.25, -0.2) is 4.98 Å². The summed E-state index contributed by atoms with van der Waals surface area (Å²) in [6.07, 6.45) is -2.58. The van der Waals surface area contributed by atoms with E-state index < -0.39 is 11.7 Å². The maximum absolute atomic E-state index is 13.0. The van der Waals surface area contributed by atoms with Crippen molar-refractivity contribution in [2.75, 3.05) is 32.8 Å². The van der Waals surface area contributed by atoms with Crippen molar-refractivity contribution in [2.24, 2.45) is 0 Å². The fourth-order valence-corrected chi connectivity index (χ4v) is 4.47. The summed E-state index contributed by atoms with van der Waals surface area (Å²) in [6.45, 7) is 2.64. The number of carbonyl (C=O) groups is 1. The summed E-state index contributed by atoms with van der Waals surface area (Å²) in [5.41, 5.74) is 1.43. The minimum atomic E-state index is -4.39. The number of hydrogen-bond donors (Lipinski definition) is 1. The maximum Gasteiger partial charge on any atom is 0.416 e. The lowest BCUT2D eigenvalue weighted by molar-refractivity contribution is -0.137. The normalized spacial score (nSPS) is 15.8. The Hall–Kier alpha value is -2.82. The Morgan fingerprint density at radius 2 is 1.91 bits per heavy atom. The van der Waals surface area contributed by atoms with Gasteiger partial charge in [-0.2, -0.15) is 13.2 Å². The van der Waals surface area contributed by atoms with Crippen LogP contribution < -0.4 is 5.32 Å². The van der Waals surface area contributed by atoms with Gasteiger partial charge in [0, 0.05) is 31.2 Å². The molecule has 1 aromatic carbocycles. The fourth-order valence-electron chi connectivity index (χ4n) is 3.67. The van der Waals surface area contributed by atoms with Crippen molar-refractivity contribution in [3.8, 4) is 10.7 Å². The Labute approximate surface area is 193 Å². The largest absolute Gasteiger partial charge is 0.416 e. The second-order valence-corrected chi connectivity index (χ2v) is 8.48. The number of halogens is 3. The molecule has 1 N–H and O–H groups in total. The zero-order chi connectivity index (χ0) is 23.3. The average molecular weight is 477 g/mol. The lowest BCUT2D eigenvalue weighted by Crippen LogP contribution is -2.44. The van der Waals surface area contributed by atoms with Gasteiger partial charge in [-0.15, -0.1) is 11.3 Å². The summed E-state index contributed by atoms with van der Waals surface area (Å²) >= 11 is 1.42. The van der Waals surface area contributed by atoms with E-state index in [0.717, 1.165) is 28.4 Å². The van der Waals surface area contributed by atoms with Crippen LogP contribution in [-0.4, -0.2) is 53.6 Å². The molecule has 0 bridgehead atoms. The topological polar surface area (TPSA) is 67.4 Å². The minimum Gasteiger partial charge on any atom is -0.379 e. The summed E-state index contributed by atoms with van der Waals surface area (Å²) in [5, 5.41) is 5.50. The van der Waals surface area contributed by atoms with E-state index in [1.165, 1.54) is 23.5 Å². The lowest BCUT2D eigenvalue weighted by Gasteiger charge is -2.35. The van der Waals surface area contributed by atoms with Crippen molar-refractivity contribution < 1.29 is 22.7 Å². The molecule has 33 heavy (non-hydrogen) atoms. The van der Waals surface area contributed by atoms with Crippen LogP contribution in [0.4, 0.5) is 13.2 Å². The third kappa shape index (κ3) is 6.16. The number of nitrogens with zero attached hydrogens (tertiary/aromatic N) is 3. The number of benzene rings is 1. The first-order chi connectivity index (χ1) is 15.9. The number of amides is 1. The Bertz CT molecular complexity index is 1050. The number of ether oxygens (including phenoxy) is 1. The van der Waals surface area contributed by atoms with Crippen molar-refractivity contribution in [3.05, 3.63) is 70.9 Å². The molecule has 2 aromatic heterocycles. The van der Waals surface area contributed by atoms with Gasteiger partial charge in [-0.1, -0.05) is 18.2 Å². The molecule has 10 heteroatoms. The molecule has 1 aliphatic heterocycles. The van der Waals surface area contributed by atoms with Crippen LogP contribution in [0.1, 0.15) is 22.9 Å². The summed E-state index contributed by atoms with van der Waals surface area (Å²) in [6, 6.07) is 10.4. The van der Waals surface area contributed by atoms with Gasteiger partial charge in [0.25, 0.3) is 0 Å². The first-order valence-electron chi connectivity index (χ1n) is 10.5. The van der Waals surface area contributed by atoms with Crippen LogP contribution in [0.2, 0.25) is 0 Å². The molecular weight excluding hydrogens is 453 g/mol. The van der Waals surface area contributed by atoms with Gasteiger partial charge in [0.2, 0.25) is 5.91 Å². The maximum atomic E-state index is 13.0. The number of hydrogen-bond acceptors (Lipinski definition) is 6. The highest BCUT2D eigenvalue weighted by Crippen LogP contribution is 2.31. The van der Waals surface area contributed by atoms with Gasteiger partial charge >= 0.3 is 6.18 Å². The molecule has 1 atom stereocenters. The van der Waals surface area contributed by atoms with E-state index in [2.05, 4.69) is 20.2 Å². The van der Waals surface area contributed by atoms with E-state index in [4.69, 9.17) is 4.74 Å². The quantitative estimate of drug-likeness (QED) is 0.559. The predicted octanol–water partition coefficient (Wildman–Crippen LogP) is 3.96. The zero-order valence-corrected chi connectivity index (χ0v) is 18.5. The van der Waals surface area contributed by atoms with Crippen molar-refractivity contribution >= 4 is 17.2 Å². The third-order valence-electron chi connectivity index (χ3n) is 5.38. The number of alkyl halides is 3. The van der Waals surface area contributed by atoms with E-state index in [-0.39, 0.29) is 24.9 Å². The molecule has 1 fully saturated rings. The van der Waals surface area contributed by atoms with Crippen LogP contribution in [0.5, 0.6) is 0 Å². The Morgan fingerprint density at radius 1 is 1.15 bits per heavy atom. The highest BCUT2D eigenvalue weighted by Gasteiger charge is 2.31. The van der Waals surface area contributed by atoms with Crippen molar-refractivity contribution in [1.29, 1.82) is 0 Å². The molecule has 0 saturated carbocycles. The van der Waals surface area contributed by atoms with Crippen LogP contribution in [0.3, 0.4) is 0 Å². The number of aromatic nitrogens is 2. The van der Waals surface area contributed by atoms with Crippen LogP contribution in [0.15, 0.2) is 54.0 Å². The summed E-state index contributed by atoms with van der Waals surface area (Å²) in [7, 11) is 0. The number of pyridine rings is 1. The molecule has 3 heterocycles. The van der Waals surface area contributed by atoms with Crippen LogP contribution in [0, 0.1) is 0 Å². The molecule has 6 nitrogen and oxygen atoms in total. The SMILES string of the molecule is O=C(Cc1csc(-c2ccccn2)n1)NCC(c1ccc(C(F)(F)F)cc1)N1CCOCC1. The van der Waals surface area contributed by atoms with Gasteiger partial charge < -0.3 is 10.1 Å². The number of carbonyl (C=O) groups excluding carboxylic acids is 1. The number of rotatable bonds is 7. The highest BCUT2D eigenvalue weighted by atomic mass is 32.1. The van der Waals surface area contributed by atoms with Gasteiger partial charge in [0.15, 0.2) is 0 Å². The fraction of sp³-hybridized carbons (Fsp3) is 0.348. The molecule has 3 aromatic rings. The van der Waals surface area contributed by atoms with Gasteiger partial charge in [-0.05, 0) is 29.8 Å². The summed E-state index contributed by atoms with van der Waals surface area (Å²) < 4.78 is 44.3. The van der Waals surface area contributed by atoms with Gasteiger partial charge in [0.1, 0.15) is 5.01 Å². The summed E-state index contributed by atoms with van der Waals surface area (Å²) in [5.74, 6) is -0.196. The first-order valence-corrected chi connectivity index (χ1v) is 11.4. The molecule has 4 rings (SSSR count). The highest BCUT2D eigenvalue weighted by molar-refractivity contribution is 7.13. The van der Waals surface area contributed by atoms with Crippen LogP contribution in [0.25, 0.3) is 10.7 Å².